The average Bonchev–Trinajstić information content (AvgIpc) is 3.34. The highest BCUT2D eigenvalue weighted by Crippen LogP contribution is 2.29. The Morgan fingerprint density at radius 2 is 1.74 bits per heavy atom. The number of halogens is 3. The number of hydrogen-bond donors (Lipinski definition) is 1. The van der Waals surface area contributed by atoms with E-state index in [1.54, 1.807) is 24.7 Å². The Bertz CT molecular complexity index is 1690. The molecule has 5 aromatic rings. The van der Waals surface area contributed by atoms with Gasteiger partial charge in [0.1, 0.15) is 12.1 Å². The molecule has 1 N–H and O–H groups in total. The molecule has 0 spiro atoms. The molecule has 0 saturated carbocycles. The van der Waals surface area contributed by atoms with Gasteiger partial charge in [-0.15, -0.1) is 18.3 Å². The van der Waals surface area contributed by atoms with Gasteiger partial charge in [0.15, 0.2) is 5.17 Å². The minimum absolute atomic E-state index is 0.273. The van der Waals surface area contributed by atoms with Gasteiger partial charge in [-0.05, 0) is 78.6 Å². The molecule has 0 radical (unpaired) electrons. The number of thioether (sulfide) groups is 1. The first-order chi connectivity index (χ1) is 18.7. The number of aromatic nitrogens is 2. The quantitative estimate of drug-likeness (QED) is 0.138. The van der Waals surface area contributed by atoms with Gasteiger partial charge >= 0.3 is 6.36 Å². The van der Waals surface area contributed by atoms with Crippen molar-refractivity contribution in [2.24, 2.45) is 10.2 Å². The maximum Gasteiger partial charge on any atom is 0.573 e. The van der Waals surface area contributed by atoms with Crippen molar-refractivity contribution in [2.75, 3.05) is 11.6 Å². The van der Waals surface area contributed by atoms with Crippen LogP contribution in [0, 0.1) is 13.8 Å². The predicted molar refractivity (Wildman–Crippen MR) is 153 cm³/mol. The fourth-order valence-electron chi connectivity index (χ4n) is 4.31. The summed E-state index contributed by atoms with van der Waals surface area (Å²) in [5, 5.41) is 14.6. The van der Waals surface area contributed by atoms with E-state index in [1.807, 2.05) is 47.2 Å². The van der Waals surface area contributed by atoms with Crippen LogP contribution in [-0.4, -0.2) is 33.6 Å². The first kappa shape index (κ1) is 26.3. The fourth-order valence-corrected chi connectivity index (χ4v) is 4.64. The molecule has 0 amide bonds. The van der Waals surface area contributed by atoms with Crippen LogP contribution in [0.3, 0.4) is 0 Å². The van der Waals surface area contributed by atoms with Crippen LogP contribution in [0.25, 0.3) is 27.5 Å². The Balaban J connectivity index is 1.37. The van der Waals surface area contributed by atoms with E-state index in [-0.39, 0.29) is 5.75 Å². The molecule has 1 heterocycles. The number of fused-ring (bicyclic) bond motifs is 3. The van der Waals surface area contributed by atoms with E-state index in [2.05, 4.69) is 51.2 Å². The van der Waals surface area contributed by atoms with Crippen LogP contribution in [0.2, 0.25) is 0 Å². The van der Waals surface area contributed by atoms with Crippen LogP contribution in [0.1, 0.15) is 16.7 Å². The number of imidazole rings is 1. The fraction of sp³-hybridized carbons (Fsp3) is 0.138. The molecule has 0 atom stereocenters. The number of hydrogen-bond acceptors (Lipinski definition) is 5. The Kier molecular flexibility index (Phi) is 7.30. The number of nitrogens with one attached hydrogen (secondary N) is 1. The van der Waals surface area contributed by atoms with E-state index in [4.69, 9.17) is 0 Å². The lowest BCUT2D eigenvalue weighted by atomic mass is 10.1. The van der Waals surface area contributed by atoms with E-state index < -0.39 is 6.36 Å². The van der Waals surface area contributed by atoms with Crippen LogP contribution in [-0.2, 0) is 0 Å². The van der Waals surface area contributed by atoms with E-state index in [0.717, 1.165) is 44.2 Å². The molecule has 0 unspecified atom stereocenters. The number of rotatable bonds is 5. The van der Waals surface area contributed by atoms with Crippen molar-refractivity contribution < 1.29 is 17.9 Å². The maximum atomic E-state index is 12.5. The molecule has 198 valence electrons. The van der Waals surface area contributed by atoms with Crippen molar-refractivity contribution in [3.8, 4) is 11.4 Å². The maximum absolute atomic E-state index is 12.5. The van der Waals surface area contributed by atoms with E-state index >= 15 is 0 Å². The summed E-state index contributed by atoms with van der Waals surface area (Å²) < 4.78 is 43.2. The first-order valence-corrected chi connectivity index (χ1v) is 13.2. The molecule has 0 fully saturated rings. The Labute approximate surface area is 227 Å². The Morgan fingerprint density at radius 3 is 2.44 bits per heavy atom. The van der Waals surface area contributed by atoms with E-state index in [9.17, 15) is 13.2 Å². The zero-order chi connectivity index (χ0) is 27.6. The van der Waals surface area contributed by atoms with E-state index in [0.29, 0.717) is 10.9 Å². The van der Waals surface area contributed by atoms with Crippen molar-refractivity contribution in [1.29, 1.82) is 0 Å². The molecule has 1 aromatic heterocycles. The third-order valence-electron chi connectivity index (χ3n) is 6.17. The summed E-state index contributed by atoms with van der Waals surface area (Å²) in [6.45, 7) is 4.10. The second-order valence-electron chi connectivity index (χ2n) is 8.82. The summed E-state index contributed by atoms with van der Waals surface area (Å²) in [5.41, 5.74) is 6.48. The third-order valence-corrected chi connectivity index (χ3v) is 6.74. The largest absolute Gasteiger partial charge is 0.573 e. The molecule has 6 nitrogen and oxygen atoms in total. The number of amidine groups is 1. The number of alkyl halides is 3. The standard InChI is InChI=1S/C29H24F3N5OS/c1-18-5-4-6-19(2)26(18)35-28(39-3)36-34-16-20-7-13-24-21(15-20)8-14-25-27(24)33-17-37(25)22-9-11-23(12-10-22)38-29(30,31)32/h4-17H,1-3H3,(H,35,36)/b34-16+. The van der Waals surface area contributed by atoms with Crippen molar-refractivity contribution in [3.05, 3.63) is 95.8 Å². The molecule has 5 rings (SSSR count). The third kappa shape index (κ3) is 5.91. The molecular weight excluding hydrogens is 523 g/mol. The zero-order valence-electron chi connectivity index (χ0n) is 21.3. The van der Waals surface area contributed by atoms with Gasteiger partial charge in [0.25, 0.3) is 0 Å². The van der Waals surface area contributed by atoms with Gasteiger partial charge in [-0.25, -0.2) is 4.98 Å². The second kappa shape index (κ2) is 10.8. The smallest absolute Gasteiger partial charge is 0.406 e. The van der Waals surface area contributed by atoms with Crippen molar-refractivity contribution in [3.63, 3.8) is 0 Å². The Morgan fingerprint density at radius 1 is 1.00 bits per heavy atom. The van der Waals surface area contributed by atoms with Crippen LogP contribution in [0.15, 0.2) is 89.3 Å². The summed E-state index contributed by atoms with van der Waals surface area (Å²) in [7, 11) is 0. The van der Waals surface area contributed by atoms with Crippen molar-refractivity contribution >= 4 is 50.6 Å². The highest BCUT2D eigenvalue weighted by atomic mass is 32.2. The number of aryl methyl sites for hydroxylation is 2. The van der Waals surface area contributed by atoms with Gasteiger partial charge in [-0.1, -0.05) is 48.2 Å². The first-order valence-electron chi connectivity index (χ1n) is 12.0. The van der Waals surface area contributed by atoms with Crippen LogP contribution in [0.4, 0.5) is 18.9 Å². The summed E-state index contributed by atoms with van der Waals surface area (Å²) >= 11 is 1.48. The minimum Gasteiger partial charge on any atom is -0.406 e. The lowest BCUT2D eigenvalue weighted by Gasteiger charge is -2.12. The summed E-state index contributed by atoms with van der Waals surface area (Å²) in [4.78, 5) is 4.57. The topological polar surface area (TPSA) is 63.8 Å². The zero-order valence-corrected chi connectivity index (χ0v) is 22.1. The molecule has 0 bridgehead atoms. The lowest BCUT2D eigenvalue weighted by molar-refractivity contribution is -0.274. The van der Waals surface area contributed by atoms with Crippen LogP contribution < -0.4 is 10.1 Å². The summed E-state index contributed by atoms with van der Waals surface area (Å²) in [5.74, 6) is -0.273. The van der Waals surface area contributed by atoms with Crippen molar-refractivity contribution in [1.82, 2.24) is 9.55 Å². The van der Waals surface area contributed by atoms with E-state index in [1.165, 1.54) is 23.9 Å². The molecule has 10 heteroatoms. The van der Waals surface area contributed by atoms with Gasteiger partial charge in [-0.3, -0.25) is 4.57 Å². The SMILES string of the molecule is CS/C(=N\N=C\c1ccc2c(ccc3c2ncn3-c2ccc(OC(F)(F)F)cc2)c1)Nc1c(C)cccc1C. The molecule has 0 aliphatic carbocycles. The van der Waals surface area contributed by atoms with Gasteiger partial charge < -0.3 is 10.1 Å². The van der Waals surface area contributed by atoms with Crippen LogP contribution in [0.5, 0.6) is 5.75 Å². The Hall–Kier alpha value is -4.31. The van der Waals surface area contributed by atoms with Crippen molar-refractivity contribution in [2.45, 2.75) is 20.2 Å². The number of anilines is 1. The summed E-state index contributed by atoms with van der Waals surface area (Å²) in [6.07, 6.45) is 0.572. The number of para-hydroxylation sites is 1. The highest BCUT2D eigenvalue weighted by Gasteiger charge is 2.31. The molecule has 39 heavy (non-hydrogen) atoms. The molecule has 0 saturated heterocycles. The number of benzene rings is 4. The average molecular weight is 548 g/mol. The highest BCUT2D eigenvalue weighted by molar-refractivity contribution is 8.13. The predicted octanol–water partition coefficient (Wildman–Crippen LogP) is 7.86. The molecular formula is C29H24F3N5OS. The second-order valence-corrected chi connectivity index (χ2v) is 9.61. The minimum atomic E-state index is -4.73. The van der Waals surface area contributed by atoms with Gasteiger partial charge in [0.05, 0.1) is 17.2 Å². The molecule has 0 aliphatic rings. The number of nitrogens with zero attached hydrogens (tertiary/aromatic N) is 4. The molecule has 4 aromatic carbocycles. The normalized spacial score (nSPS) is 12.5. The molecule has 0 aliphatic heterocycles. The summed E-state index contributed by atoms with van der Waals surface area (Å²) in [6, 6.07) is 21.7. The monoisotopic (exact) mass is 547 g/mol. The number of ether oxygens (including phenoxy) is 1. The van der Waals surface area contributed by atoms with Crippen LogP contribution >= 0.6 is 11.8 Å². The lowest BCUT2D eigenvalue weighted by Crippen LogP contribution is -2.17. The van der Waals surface area contributed by atoms with Gasteiger partial charge in [0, 0.05) is 16.8 Å². The van der Waals surface area contributed by atoms with Gasteiger partial charge in [0.2, 0.25) is 0 Å². The van der Waals surface area contributed by atoms with Gasteiger partial charge in [-0.2, -0.15) is 5.10 Å².